The molecule has 0 aliphatic rings. The zero-order chi connectivity index (χ0) is 24.6. The lowest BCUT2D eigenvalue weighted by molar-refractivity contribution is -0.146. The summed E-state index contributed by atoms with van der Waals surface area (Å²) in [5.74, 6) is 0.477. The summed E-state index contributed by atoms with van der Waals surface area (Å²) in [4.78, 5) is 8.11. The van der Waals surface area contributed by atoms with Gasteiger partial charge in [0.15, 0.2) is 5.65 Å². The van der Waals surface area contributed by atoms with Crippen LogP contribution in [0, 0.1) is 13.8 Å². The number of rotatable bonds is 7. The number of methoxy groups -OCH3 is 2. The molecule has 0 aliphatic heterocycles. The van der Waals surface area contributed by atoms with E-state index in [0.29, 0.717) is 23.0 Å². The highest BCUT2D eigenvalue weighted by Gasteiger charge is 2.37. The fraction of sp³-hybridized carbons (Fsp3) is 0.364. The Hall–Kier alpha value is -3.83. The van der Waals surface area contributed by atoms with Crippen molar-refractivity contribution < 1.29 is 27.2 Å². The van der Waals surface area contributed by atoms with Gasteiger partial charge in [-0.15, -0.1) is 0 Å². The highest BCUT2D eigenvalue weighted by Crippen LogP contribution is 2.37. The molecule has 0 fully saturated rings. The molecule has 1 aromatic carbocycles. The second-order valence-corrected chi connectivity index (χ2v) is 7.80. The van der Waals surface area contributed by atoms with Crippen molar-refractivity contribution in [1.82, 2.24) is 24.7 Å². The molecule has 1 N–H and O–H groups in total. The monoisotopic (exact) mass is 476 g/mol. The predicted molar refractivity (Wildman–Crippen MR) is 117 cm³/mol. The van der Waals surface area contributed by atoms with Gasteiger partial charge in [-0.1, -0.05) is 5.16 Å². The Bertz CT molecular complexity index is 1330. The molecule has 180 valence electrons. The Morgan fingerprint density at radius 3 is 2.53 bits per heavy atom. The topological polar surface area (TPSA) is 99.6 Å². The second kappa shape index (κ2) is 8.84. The van der Waals surface area contributed by atoms with Crippen LogP contribution in [-0.4, -0.2) is 45.0 Å². The molecule has 4 rings (SSSR count). The maximum atomic E-state index is 12.7. The lowest BCUT2D eigenvalue weighted by Crippen LogP contribution is -2.21. The Kier molecular flexibility index (Phi) is 6.07. The van der Waals surface area contributed by atoms with Crippen LogP contribution in [0.2, 0.25) is 0 Å². The number of alkyl halides is 3. The first-order valence-electron chi connectivity index (χ1n) is 10.4. The fourth-order valence-corrected chi connectivity index (χ4v) is 3.69. The average molecular weight is 476 g/mol. The van der Waals surface area contributed by atoms with Crippen LogP contribution < -0.4 is 14.8 Å². The standard InChI is InChI=1S/C22H23F3N6O3/c1-11-8-17(26-12(2)9-18-28-21(30-34-18)22(23,24)25)31-20(27-11)19(13(3)29-31)15-7-6-14(32-4)10-16(15)33-5/h6-8,10,12,26H,9H2,1-5H3/t12-/m1/s1. The van der Waals surface area contributed by atoms with Crippen molar-refractivity contribution in [3.63, 3.8) is 0 Å². The number of benzene rings is 1. The van der Waals surface area contributed by atoms with Gasteiger partial charge in [-0.05, 0) is 32.9 Å². The molecular weight excluding hydrogens is 453 g/mol. The van der Waals surface area contributed by atoms with Crippen LogP contribution in [0.4, 0.5) is 19.0 Å². The van der Waals surface area contributed by atoms with Gasteiger partial charge in [-0.3, -0.25) is 0 Å². The van der Waals surface area contributed by atoms with E-state index in [9.17, 15) is 13.2 Å². The van der Waals surface area contributed by atoms with E-state index < -0.39 is 12.0 Å². The number of aromatic nitrogens is 5. The first-order chi connectivity index (χ1) is 16.1. The molecule has 0 spiro atoms. The molecule has 0 saturated carbocycles. The third-order valence-electron chi connectivity index (χ3n) is 5.17. The van der Waals surface area contributed by atoms with Gasteiger partial charge in [0.25, 0.3) is 5.82 Å². The number of fused-ring (bicyclic) bond motifs is 1. The lowest BCUT2D eigenvalue weighted by Gasteiger charge is -2.15. The molecule has 1 atom stereocenters. The quantitative estimate of drug-likeness (QED) is 0.417. The minimum Gasteiger partial charge on any atom is -0.497 e. The van der Waals surface area contributed by atoms with E-state index in [1.165, 1.54) is 0 Å². The van der Waals surface area contributed by atoms with Crippen LogP contribution in [0.15, 0.2) is 28.8 Å². The van der Waals surface area contributed by atoms with Crippen molar-refractivity contribution in [2.24, 2.45) is 0 Å². The Labute approximate surface area is 192 Å². The minimum atomic E-state index is -4.65. The highest BCUT2D eigenvalue weighted by atomic mass is 19.4. The van der Waals surface area contributed by atoms with Crippen molar-refractivity contribution in [2.45, 2.75) is 39.4 Å². The second-order valence-electron chi connectivity index (χ2n) is 7.80. The zero-order valence-corrected chi connectivity index (χ0v) is 19.2. The molecule has 3 aromatic heterocycles. The van der Waals surface area contributed by atoms with E-state index in [-0.39, 0.29) is 18.4 Å². The van der Waals surface area contributed by atoms with E-state index in [2.05, 4.69) is 25.5 Å². The maximum Gasteiger partial charge on any atom is 0.455 e. The lowest BCUT2D eigenvalue weighted by atomic mass is 10.0. The van der Waals surface area contributed by atoms with E-state index in [1.807, 2.05) is 26.0 Å². The molecule has 0 bridgehead atoms. The fourth-order valence-electron chi connectivity index (χ4n) is 3.69. The van der Waals surface area contributed by atoms with E-state index >= 15 is 0 Å². The zero-order valence-electron chi connectivity index (χ0n) is 19.2. The third-order valence-corrected chi connectivity index (χ3v) is 5.17. The molecule has 0 radical (unpaired) electrons. The van der Waals surface area contributed by atoms with Gasteiger partial charge in [0.2, 0.25) is 5.89 Å². The summed E-state index contributed by atoms with van der Waals surface area (Å²) in [5.41, 5.74) is 3.66. The number of hydrogen-bond donors (Lipinski definition) is 1. The normalized spacial score (nSPS) is 12.7. The molecular formula is C22H23F3N6O3. The Morgan fingerprint density at radius 2 is 1.88 bits per heavy atom. The van der Waals surface area contributed by atoms with Crippen LogP contribution in [0.5, 0.6) is 11.5 Å². The number of aryl methyl sites for hydroxylation is 2. The Balaban J connectivity index is 1.69. The van der Waals surface area contributed by atoms with E-state index in [0.717, 1.165) is 22.5 Å². The molecule has 3 heterocycles. The van der Waals surface area contributed by atoms with E-state index in [1.54, 1.807) is 37.8 Å². The minimum absolute atomic E-state index is 0.0886. The van der Waals surface area contributed by atoms with Crippen molar-refractivity contribution in [3.8, 4) is 22.6 Å². The molecule has 0 amide bonds. The van der Waals surface area contributed by atoms with Gasteiger partial charge < -0.3 is 19.3 Å². The van der Waals surface area contributed by atoms with Crippen LogP contribution in [0.3, 0.4) is 0 Å². The Morgan fingerprint density at radius 1 is 1.12 bits per heavy atom. The number of halogens is 3. The van der Waals surface area contributed by atoms with Crippen molar-refractivity contribution in [1.29, 1.82) is 0 Å². The molecule has 4 aromatic rings. The summed E-state index contributed by atoms with van der Waals surface area (Å²) in [7, 11) is 3.16. The molecule has 12 heteroatoms. The van der Waals surface area contributed by atoms with Crippen LogP contribution in [0.1, 0.15) is 30.0 Å². The summed E-state index contributed by atoms with van der Waals surface area (Å²) in [6, 6.07) is 6.97. The van der Waals surface area contributed by atoms with E-state index in [4.69, 9.17) is 14.0 Å². The number of ether oxygens (including phenoxy) is 2. The van der Waals surface area contributed by atoms with Gasteiger partial charge in [0.05, 0.1) is 25.5 Å². The van der Waals surface area contributed by atoms with Crippen LogP contribution in [-0.2, 0) is 12.6 Å². The summed E-state index contributed by atoms with van der Waals surface area (Å²) >= 11 is 0. The van der Waals surface area contributed by atoms with Crippen molar-refractivity contribution >= 4 is 11.5 Å². The number of nitrogens with one attached hydrogen (secondary N) is 1. The van der Waals surface area contributed by atoms with Gasteiger partial charge in [-0.25, -0.2) is 4.98 Å². The summed E-state index contributed by atoms with van der Waals surface area (Å²) in [6.07, 6.45) is -4.57. The molecule has 9 nitrogen and oxygen atoms in total. The van der Waals surface area contributed by atoms with Crippen molar-refractivity contribution in [3.05, 3.63) is 47.4 Å². The van der Waals surface area contributed by atoms with Crippen LogP contribution >= 0.6 is 0 Å². The van der Waals surface area contributed by atoms with Gasteiger partial charge in [0, 0.05) is 35.9 Å². The van der Waals surface area contributed by atoms with Gasteiger partial charge in [-0.2, -0.15) is 27.8 Å². The molecule has 34 heavy (non-hydrogen) atoms. The van der Waals surface area contributed by atoms with Crippen LogP contribution in [0.25, 0.3) is 16.8 Å². The number of anilines is 1. The summed E-state index contributed by atoms with van der Waals surface area (Å²) in [6.45, 7) is 5.51. The van der Waals surface area contributed by atoms with Gasteiger partial charge in [0.1, 0.15) is 17.3 Å². The number of nitrogens with zero attached hydrogens (tertiary/aromatic N) is 5. The molecule has 0 saturated heterocycles. The highest BCUT2D eigenvalue weighted by molar-refractivity contribution is 5.85. The third kappa shape index (κ3) is 4.47. The van der Waals surface area contributed by atoms with Crippen molar-refractivity contribution in [2.75, 3.05) is 19.5 Å². The summed E-state index contributed by atoms with van der Waals surface area (Å²) in [5, 5.41) is 10.9. The van der Waals surface area contributed by atoms with Gasteiger partial charge >= 0.3 is 6.18 Å². The first-order valence-corrected chi connectivity index (χ1v) is 10.4. The molecule has 0 unspecified atom stereocenters. The predicted octanol–water partition coefficient (Wildman–Crippen LogP) is 4.48. The smallest absolute Gasteiger partial charge is 0.455 e. The average Bonchev–Trinajstić information content (AvgIpc) is 3.37. The largest absolute Gasteiger partial charge is 0.497 e. The molecule has 0 aliphatic carbocycles. The summed E-state index contributed by atoms with van der Waals surface area (Å²) < 4.78 is 55.5. The maximum absolute atomic E-state index is 12.7. The number of hydrogen-bond acceptors (Lipinski definition) is 8. The first kappa shape index (κ1) is 23.3. The SMILES string of the molecule is COc1ccc(-c2c(C)nn3c(N[C@H](C)Cc4nc(C(F)(F)F)no4)cc(C)nc23)c(OC)c1.